The van der Waals surface area contributed by atoms with E-state index in [9.17, 15) is 4.79 Å². The van der Waals surface area contributed by atoms with Gasteiger partial charge in [0, 0.05) is 23.4 Å². The van der Waals surface area contributed by atoms with Crippen LogP contribution in [-0.4, -0.2) is 28.7 Å². The molecule has 0 aliphatic carbocycles. The van der Waals surface area contributed by atoms with Crippen molar-refractivity contribution in [2.45, 2.75) is 24.4 Å². The highest BCUT2D eigenvalue weighted by Crippen LogP contribution is 2.36. The van der Waals surface area contributed by atoms with Crippen molar-refractivity contribution in [1.29, 1.82) is 0 Å². The van der Waals surface area contributed by atoms with E-state index in [0.717, 1.165) is 45.8 Å². The molecule has 144 valence electrons. The lowest BCUT2D eigenvalue weighted by Crippen LogP contribution is -2.15. The minimum absolute atomic E-state index is 0.412. The van der Waals surface area contributed by atoms with Gasteiger partial charge in [0.15, 0.2) is 16.7 Å². The van der Waals surface area contributed by atoms with Crippen LogP contribution in [0.1, 0.15) is 22.8 Å². The molecule has 2 aromatic carbocycles. The van der Waals surface area contributed by atoms with Crippen LogP contribution in [0, 0.1) is 0 Å². The van der Waals surface area contributed by atoms with Gasteiger partial charge in [-0.1, -0.05) is 23.9 Å². The molecule has 0 bridgehead atoms. The number of imidazole rings is 1. The van der Waals surface area contributed by atoms with Gasteiger partial charge in [-0.3, -0.25) is 4.79 Å². The zero-order valence-electron chi connectivity index (χ0n) is 15.6. The molecular weight excluding hydrogens is 374 g/mol. The van der Waals surface area contributed by atoms with Crippen LogP contribution < -0.4 is 15.2 Å². The third-order valence-corrected chi connectivity index (χ3v) is 5.64. The molecule has 2 heterocycles. The maximum atomic E-state index is 11.2. The maximum Gasteiger partial charge on any atom is 0.248 e. The van der Waals surface area contributed by atoms with E-state index < -0.39 is 5.91 Å². The Morgan fingerprint density at radius 2 is 1.89 bits per heavy atom. The third-order valence-electron chi connectivity index (χ3n) is 4.58. The molecule has 2 N–H and O–H groups in total. The number of benzene rings is 2. The van der Waals surface area contributed by atoms with Crippen molar-refractivity contribution >= 4 is 17.7 Å². The van der Waals surface area contributed by atoms with Crippen LogP contribution in [0.4, 0.5) is 0 Å². The molecule has 7 heteroatoms. The van der Waals surface area contributed by atoms with Crippen LogP contribution >= 0.6 is 11.8 Å². The van der Waals surface area contributed by atoms with Gasteiger partial charge in [0.2, 0.25) is 5.91 Å². The highest BCUT2D eigenvalue weighted by atomic mass is 32.2. The summed E-state index contributed by atoms with van der Waals surface area (Å²) >= 11 is 1.66. The Morgan fingerprint density at radius 1 is 1.14 bits per heavy atom. The topological polar surface area (TPSA) is 79.4 Å². The molecule has 1 aliphatic heterocycles. The summed E-state index contributed by atoms with van der Waals surface area (Å²) in [6.45, 7) is 4.07. The van der Waals surface area contributed by atoms with Gasteiger partial charge in [-0.15, -0.1) is 0 Å². The van der Waals surface area contributed by atoms with Gasteiger partial charge >= 0.3 is 0 Å². The van der Waals surface area contributed by atoms with Crippen molar-refractivity contribution in [2.75, 3.05) is 13.2 Å². The molecule has 0 saturated heterocycles. The number of hydrogen-bond acceptors (Lipinski definition) is 5. The fourth-order valence-electron chi connectivity index (χ4n) is 3.13. The van der Waals surface area contributed by atoms with Crippen molar-refractivity contribution in [3.63, 3.8) is 0 Å². The van der Waals surface area contributed by atoms with Gasteiger partial charge in [0.25, 0.3) is 0 Å². The highest BCUT2D eigenvalue weighted by molar-refractivity contribution is 7.98. The van der Waals surface area contributed by atoms with Gasteiger partial charge in [-0.25, -0.2) is 4.98 Å². The Balaban J connectivity index is 1.53. The summed E-state index contributed by atoms with van der Waals surface area (Å²) in [6.07, 6.45) is 1.90. The van der Waals surface area contributed by atoms with Gasteiger partial charge in [0.1, 0.15) is 13.2 Å². The molecule has 0 radical (unpaired) electrons. The molecule has 4 rings (SSSR count). The first-order chi connectivity index (χ1) is 13.7. The van der Waals surface area contributed by atoms with E-state index in [-0.39, 0.29) is 0 Å². The summed E-state index contributed by atoms with van der Waals surface area (Å²) in [5.41, 5.74) is 9.02. The molecule has 0 saturated carbocycles. The SMILES string of the molecule is CCn1c(-c2ccc3c(c2)OCCO3)cnc1SCc1ccc(C(N)=O)cc1. The lowest BCUT2D eigenvalue weighted by Gasteiger charge is -2.19. The molecular formula is C21H21N3O3S. The Labute approximate surface area is 167 Å². The second-order valence-electron chi connectivity index (χ2n) is 6.38. The number of primary amides is 1. The van der Waals surface area contributed by atoms with E-state index in [0.29, 0.717) is 18.8 Å². The summed E-state index contributed by atoms with van der Waals surface area (Å²) < 4.78 is 13.5. The number of nitrogens with zero attached hydrogens (tertiary/aromatic N) is 2. The van der Waals surface area contributed by atoms with E-state index >= 15 is 0 Å². The lowest BCUT2D eigenvalue weighted by atomic mass is 10.1. The second-order valence-corrected chi connectivity index (χ2v) is 7.32. The smallest absolute Gasteiger partial charge is 0.248 e. The first-order valence-electron chi connectivity index (χ1n) is 9.13. The third kappa shape index (κ3) is 3.71. The number of hydrogen-bond donors (Lipinski definition) is 1. The zero-order valence-corrected chi connectivity index (χ0v) is 16.4. The summed E-state index contributed by atoms with van der Waals surface area (Å²) in [5, 5.41) is 0.950. The van der Waals surface area contributed by atoms with E-state index in [4.69, 9.17) is 15.2 Å². The van der Waals surface area contributed by atoms with Gasteiger partial charge in [-0.05, 0) is 42.8 Å². The van der Waals surface area contributed by atoms with Gasteiger partial charge < -0.3 is 19.8 Å². The number of rotatable bonds is 6. The molecule has 6 nitrogen and oxygen atoms in total. The number of aromatic nitrogens is 2. The highest BCUT2D eigenvalue weighted by Gasteiger charge is 2.16. The van der Waals surface area contributed by atoms with E-state index in [1.807, 2.05) is 36.5 Å². The van der Waals surface area contributed by atoms with Crippen molar-refractivity contribution in [2.24, 2.45) is 5.73 Å². The molecule has 1 aromatic heterocycles. The number of carbonyl (C=O) groups is 1. The number of amides is 1. The quantitative estimate of drug-likeness (QED) is 0.643. The standard InChI is InChI=1S/C21H21N3O3S/c1-2-24-17(16-7-8-18-19(11-16)27-10-9-26-18)12-23-21(24)28-13-14-3-5-15(6-4-14)20(22)25/h3-8,11-12H,2,9-10,13H2,1H3,(H2,22,25). The molecule has 0 unspecified atom stereocenters. The minimum Gasteiger partial charge on any atom is -0.486 e. The zero-order chi connectivity index (χ0) is 19.5. The minimum atomic E-state index is -0.412. The summed E-state index contributed by atoms with van der Waals surface area (Å²) in [7, 11) is 0. The predicted octanol–water partition coefficient (Wildman–Crippen LogP) is 3.73. The second kappa shape index (κ2) is 7.98. The molecule has 1 aliphatic rings. The Hall–Kier alpha value is -2.93. The van der Waals surface area contributed by atoms with Crippen molar-refractivity contribution < 1.29 is 14.3 Å². The fourth-order valence-corrected chi connectivity index (χ4v) is 4.12. The first kappa shape index (κ1) is 18.4. The molecule has 0 fully saturated rings. The monoisotopic (exact) mass is 395 g/mol. The van der Waals surface area contributed by atoms with Crippen LogP contribution in [-0.2, 0) is 12.3 Å². The van der Waals surface area contributed by atoms with E-state index in [2.05, 4.69) is 16.5 Å². The average molecular weight is 395 g/mol. The van der Waals surface area contributed by atoms with Crippen molar-refractivity contribution in [3.8, 4) is 22.8 Å². The largest absolute Gasteiger partial charge is 0.486 e. The van der Waals surface area contributed by atoms with Crippen molar-refractivity contribution in [3.05, 3.63) is 59.8 Å². The maximum absolute atomic E-state index is 11.2. The number of ether oxygens (including phenoxy) is 2. The Morgan fingerprint density at radius 3 is 2.61 bits per heavy atom. The van der Waals surface area contributed by atoms with Crippen LogP contribution in [0.25, 0.3) is 11.3 Å². The van der Waals surface area contributed by atoms with Gasteiger partial charge in [-0.2, -0.15) is 0 Å². The predicted molar refractivity (Wildman–Crippen MR) is 109 cm³/mol. The van der Waals surface area contributed by atoms with E-state index in [1.165, 1.54) is 0 Å². The number of nitrogens with two attached hydrogens (primary N) is 1. The molecule has 3 aromatic rings. The van der Waals surface area contributed by atoms with Crippen LogP contribution in [0.2, 0.25) is 0 Å². The Bertz CT molecular complexity index is 999. The number of fused-ring (bicyclic) bond motifs is 1. The van der Waals surface area contributed by atoms with Crippen molar-refractivity contribution in [1.82, 2.24) is 9.55 Å². The first-order valence-corrected chi connectivity index (χ1v) is 10.1. The molecule has 0 spiro atoms. The molecule has 0 atom stereocenters. The number of carbonyl (C=O) groups excluding carboxylic acids is 1. The van der Waals surface area contributed by atoms with E-state index in [1.54, 1.807) is 23.9 Å². The lowest BCUT2D eigenvalue weighted by molar-refractivity contribution is 0.100. The molecule has 1 amide bonds. The molecule has 28 heavy (non-hydrogen) atoms. The normalized spacial score (nSPS) is 12.8. The van der Waals surface area contributed by atoms with Crippen LogP contribution in [0.3, 0.4) is 0 Å². The summed E-state index contributed by atoms with van der Waals surface area (Å²) in [6, 6.07) is 13.4. The summed E-state index contributed by atoms with van der Waals surface area (Å²) in [5.74, 6) is 1.91. The average Bonchev–Trinajstić information content (AvgIpc) is 3.15. The summed E-state index contributed by atoms with van der Waals surface area (Å²) in [4.78, 5) is 15.8. The van der Waals surface area contributed by atoms with Crippen LogP contribution in [0.5, 0.6) is 11.5 Å². The number of thioether (sulfide) groups is 1. The van der Waals surface area contributed by atoms with Gasteiger partial charge in [0.05, 0.1) is 11.9 Å². The van der Waals surface area contributed by atoms with Crippen LogP contribution in [0.15, 0.2) is 53.8 Å². The Kier molecular flexibility index (Phi) is 5.25. The fraction of sp³-hybridized carbons (Fsp3) is 0.238.